The van der Waals surface area contributed by atoms with Gasteiger partial charge < -0.3 is 4.90 Å². The summed E-state index contributed by atoms with van der Waals surface area (Å²) in [5, 5.41) is 8.57. The first-order valence-corrected chi connectivity index (χ1v) is 8.52. The molecule has 23 heavy (non-hydrogen) atoms. The van der Waals surface area contributed by atoms with E-state index in [1.165, 1.54) is 5.56 Å². The van der Waals surface area contributed by atoms with E-state index in [2.05, 4.69) is 27.2 Å². The van der Waals surface area contributed by atoms with Crippen molar-refractivity contribution in [2.75, 3.05) is 0 Å². The predicted molar refractivity (Wildman–Crippen MR) is 86.7 cm³/mol. The fourth-order valence-corrected chi connectivity index (χ4v) is 4.18. The molecule has 0 saturated carbocycles. The maximum atomic E-state index is 12.7. The number of fused-ring (bicyclic) bond motifs is 2. The minimum atomic E-state index is 0.313. The van der Waals surface area contributed by atoms with Crippen LogP contribution >= 0.6 is 0 Å². The third-order valence-electron chi connectivity index (χ3n) is 5.23. The van der Waals surface area contributed by atoms with Crippen LogP contribution in [0.25, 0.3) is 0 Å². The van der Waals surface area contributed by atoms with Crippen molar-refractivity contribution in [2.24, 2.45) is 0 Å². The van der Waals surface area contributed by atoms with E-state index in [1.54, 1.807) is 12.4 Å². The molecule has 2 bridgehead atoms. The number of aryl methyl sites for hydroxylation is 1. The van der Waals surface area contributed by atoms with Gasteiger partial charge in [0.2, 0.25) is 5.91 Å². The minimum Gasteiger partial charge on any atom is -0.337 e. The highest BCUT2D eigenvalue weighted by atomic mass is 16.2. The predicted octanol–water partition coefficient (Wildman–Crippen LogP) is 2.61. The molecule has 0 N–H and O–H groups in total. The lowest BCUT2D eigenvalue weighted by atomic mass is 9.97. The first-order chi connectivity index (χ1) is 11.3. The van der Waals surface area contributed by atoms with Gasteiger partial charge in [-0.2, -0.15) is 15.0 Å². The summed E-state index contributed by atoms with van der Waals surface area (Å²) in [5.41, 5.74) is 1.24. The van der Waals surface area contributed by atoms with Crippen molar-refractivity contribution in [3.05, 3.63) is 48.3 Å². The molecule has 0 spiro atoms. The van der Waals surface area contributed by atoms with E-state index in [1.807, 2.05) is 23.0 Å². The maximum absolute atomic E-state index is 12.7. The normalized spacial score (nSPS) is 26.4. The molecule has 2 aliphatic rings. The molecule has 2 aliphatic heterocycles. The molecular formula is C18H22N4O. The van der Waals surface area contributed by atoms with Gasteiger partial charge in [-0.1, -0.05) is 30.3 Å². The lowest BCUT2D eigenvalue weighted by Gasteiger charge is -2.38. The number of carbonyl (C=O) groups excluding carboxylic acids is 1. The summed E-state index contributed by atoms with van der Waals surface area (Å²) >= 11 is 0. The van der Waals surface area contributed by atoms with Crippen LogP contribution in [-0.2, 0) is 11.2 Å². The second-order valence-electron chi connectivity index (χ2n) is 6.65. The van der Waals surface area contributed by atoms with Gasteiger partial charge in [0, 0.05) is 18.5 Å². The van der Waals surface area contributed by atoms with Crippen molar-refractivity contribution in [3.8, 4) is 0 Å². The highest BCUT2D eigenvalue weighted by molar-refractivity contribution is 5.77. The Morgan fingerprint density at radius 2 is 1.65 bits per heavy atom. The number of benzene rings is 1. The van der Waals surface area contributed by atoms with Crippen molar-refractivity contribution < 1.29 is 4.79 Å². The zero-order valence-corrected chi connectivity index (χ0v) is 13.2. The summed E-state index contributed by atoms with van der Waals surface area (Å²) in [7, 11) is 0. The monoisotopic (exact) mass is 310 g/mol. The lowest BCUT2D eigenvalue weighted by molar-refractivity contribution is -0.136. The van der Waals surface area contributed by atoms with E-state index in [4.69, 9.17) is 0 Å². The SMILES string of the molecule is O=C(CCc1ccccc1)N1C2CCC1CC(n1nccn1)C2. The minimum absolute atomic E-state index is 0.313. The molecule has 2 unspecified atom stereocenters. The molecule has 3 heterocycles. The smallest absolute Gasteiger partial charge is 0.223 e. The van der Waals surface area contributed by atoms with Gasteiger partial charge in [-0.05, 0) is 37.7 Å². The molecule has 5 heteroatoms. The molecule has 1 amide bonds. The van der Waals surface area contributed by atoms with E-state index in [-0.39, 0.29) is 0 Å². The van der Waals surface area contributed by atoms with Crippen molar-refractivity contribution in [1.82, 2.24) is 19.9 Å². The highest BCUT2D eigenvalue weighted by Crippen LogP contribution is 2.40. The van der Waals surface area contributed by atoms with Gasteiger partial charge in [-0.3, -0.25) is 4.79 Å². The van der Waals surface area contributed by atoms with Crippen LogP contribution < -0.4 is 0 Å². The first kappa shape index (κ1) is 14.4. The third kappa shape index (κ3) is 2.87. The summed E-state index contributed by atoms with van der Waals surface area (Å²) < 4.78 is 0. The van der Waals surface area contributed by atoms with Gasteiger partial charge in [0.1, 0.15) is 0 Å². The van der Waals surface area contributed by atoms with Crippen LogP contribution in [0.3, 0.4) is 0 Å². The Labute approximate surface area is 136 Å². The fourth-order valence-electron chi connectivity index (χ4n) is 4.18. The quantitative estimate of drug-likeness (QED) is 0.872. The van der Waals surface area contributed by atoms with E-state index in [9.17, 15) is 4.79 Å². The van der Waals surface area contributed by atoms with E-state index >= 15 is 0 Å². The van der Waals surface area contributed by atoms with Crippen molar-refractivity contribution in [3.63, 3.8) is 0 Å². The zero-order valence-electron chi connectivity index (χ0n) is 13.2. The number of rotatable bonds is 4. The Bertz CT molecular complexity index is 641. The number of aromatic nitrogens is 3. The van der Waals surface area contributed by atoms with Crippen LogP contribution in [-0.4, -0.2) is 37.9 Å². The molecule has 2 aromatic rings. The number of piperidine rings is 1. The number of hydrogen-bond donors (Lipinski definition) is 0. The van der Waals surface area contributed by atoms with Crippen LogP contribution in [0.15, 0.2) is 42.7 Å². The molecule has 1 aromatic carbocycles. The standard InChI is InChI=1S/C18H22N4O/c23-18(9-6-14-4-2-1-3-5-14)21-15-7-8-16(21)13-17(12-15)22-19-10-11-20-22/h1-5,10-11,15-17H,6-9,12-13H2. The Kier molecular flexibility index (Phi) is 3.85. The number of amides is 1. The van der Waals surface area contributed by atoms with Crippen molar-refractivity contribution >= 4 is 5.91 Å². The number of carbonyl (C=O) groups is 1. The Balaban J connectivity index is 1.39. The van der Waals surface area contributed by atoms with Crippen LogP contribution in [0.5, 0.6) is 0 Å². The van der Waals surface area contributed by atoms with Gasteiger partial charge in [0.05, 0.1) is 18.4 Å². The molecular weight excluding hydrogens is 288 g/mol. The zero-order chi connectivity index (χ0) is 15.6. The van der Waals surface area contributed by atoms with Gasteiger partial charge >= 0.3 is 0 Å². The van der Waals surface area contributed by atoms with Crippen LogP contribution in [0.1, 0.15) is 43.7 Å². The summed E-state index contributed by atoms with van der Waals surface area (Å²) in [6.45, 7) is 0. The molecule has 2 atom stereocenters. The van der Waals surface area contributed by atoms with Gasteiger partial charge in [-0.25, -0.2) is 0 Å². The molecule has 1 aromatic heterocycles. The molecule has 2 saturated heterocycles. The van der Waals surface area contributed by atoms with Crippen molar-refractivity contribution in [1.29, 1.82) is 0 Å². The summed E-state index contributed by atoms with van der Waals surface area (Å²) in [5.74, 6) is 0.313. The van der Waals surface area contributed by atoms with E-state index in [0.717, 1.165) is 32.1 Å². The first-order valence-electron chi connectivity index (χ1n) is 8.52. The van der Waals surface area contributed by atoms with E-state index in [0.29, 0.717) is 30.5 Å². The second kappa shape index (κ2) is 6.14. The van der Waals surface area contributed by atoms with Crippen LogP contribution in [0.2, 0.25) is 0 Å². The summed E-state index contributed by atoms with van der Waals surface area (Å²) in [6, 6.07) is 11.4. The lowest BCUT2D eigenvalue weighted by Crippen LogP contribution is -2.47. The molecule has 0 aliphatic carbocycles. The molecule has 120 valence electrons. The molecule has 4 rings (SSSR count). The molecule has 5 nitrogen and oxygen atoms in total. The highest BCUT2D eigenvalue weighted by Gasteiger charge is 2.43. The average Bonchev–Trinajstić information content (AvgIpc) is 3.20. The third-order valence-corrected chi connectivity index (χ3v) is 5.23. The van der Waals surface area contributed by atoms with Crippen LogP contribution in [0.4, 0.5) is 0 Å². The van der Waals surface area contributed by atoms with Gasteiger partial charge in [-0.15, -0.1) is 0 Å². The second-order valence-corrected chi connectivity index (χ2v) is 6.65. The van der Waals surface area contributed by atoms with Crippen LogP contribution in [0, 0.1) is 0 Å². The van der Waals surface area contributed by atoms with Gasteiger partial charge in [0.15, 0.2) is 0 Å². The molecule has 0 radical (unpaired) electrons. The van der Waals surface area contributed by atoms with Crippen molar-refractivity contribution in [2.45, 2.75) is 56.7 Å². The average molecular weight is 310 g/mol. The number of nitrogens with zero attached hydrogens (tertiary/aromatic N) is 4. The Hall–Kier alpha value is -2.17. The Morgan fingerprint density at radius 3 is 2.30 bits per heavy atom. The van der Waals surface area contributed by atoms with Gasteiger partial charge in [0.25, 0.3) is 0 Å². The fraction of sp³-hybridized carbons (Fsp3) is 0.500. The topological polar surface area (TPSA) is 51.0 Å². The Morgan fingerprint density at radius 1 is 1.00 bits per heavy atom. The maximum Gasteiger partial charge on any atom is 0.223 e. The largest absolute Gasteiger partial charge is 0.337 e. The summed E-state index contributed by atoms with van der Waals surface area (Å²) in [4.78, 5) is 16.7. The molecule has 2 fully saturated rings. The summed E-state index contributed by atoms with van der Waals surface area (Å²) in [6.07, 6.45) is 9.14. The van der Waals surface area contributed by atoms with E-state index < -0.39 is 0 Å². The number of hydrogen-bond acceptors (Lipinski definition) is 3.